The summed E-state index contributed by atoms with van der Waals surface area (Å²) in [6.45, 7) is 17.2. The topological polar surface area (TPSA) is 160 Å². The van der Waals surface area contributed by atoms with Gasteiger partial charge in [0.15, 0.2) is 11.6 Å². The minimum absolute atomic E-state index is 0.000857. The van der Waals surface area contributed by atoms with Gasteiger partial charge >= 0.3 is 5.97 Å². The normalized spacial score (nSPS) is 15.6. The van der Waals surface area contributed by atoms with E-state index in [1.165, 1.54) is 4.88 Å². The summed E-state index contributed by atoms with van der Waals surface area (Å²) < 4.78 is 21.8. The fourth-order valence-corrected chi connectivity index (χ4v) is 10.5. The Morgan fingerprint density at radius 3 is 1.77 bits per heavy atom. The number of thiophene rings is 2. The molecular weight excluding hydrogens is 894 g/mol. The van der Waals surface area contributed by atoms with Crippen LogP contribution < -0.4 is 5.32 Å². The highest BCUT2D eigenvalue weighted by molar-refractivity contribution is 7.15. The zero-order valence-corrected chi connectivity index (χ0v) is 40.1. The number of aryl methyl sites for hydroxylation is 3. The molecule has 4 aromatic heterocycles. The van der Waals surface area contributed by atoms with Gasteiger partial charge in [0, 0.05) is 48.6 Å². The summed E-state index contributed by atoms with van der Waals surface area (Å²) >= 11 is 15.8. The average Bonchev–Trinajstić information content (AvgIpc) is 3.94. The number of benzene rings is 2. The fourth-order valence-electron chi connectivity index (χ4n) is 7.77. The van der Waals surface area contributed by atoms with Crippen molar-refractivity contribution in [3.8, 4) is 10.0 Å². The van der Waals surface area contributed by atoms with E-state index in [4.69, 9.17) is 47.4 Å². The van der Waals surface area contributed by atoms with Gasteiger partial charge in [0.25, 0.3) is 0 Å². The molecule has 18 heteroatoms. The van der Waals surface area contributed by atoms with Gasteiger partial charge in [-0.25, -0.2) is 0 Å². The molecule has 2 aromatic carbocycles. The van der Waals surface area contributed by atoms with Crippen molar-refractivity contribution in [2.75, 3.05) is 26.4 Å². The lowest BCUT2D eigenvalue weighted by atomic mass is 9.99. The van der Waals surface area contributed by atoms with Crippen LogP contribution in [0.25, 0.3) is 10.0 Å². The van der Waals surface area contributed by atoms with Gasteiger partial charge in [-0.05, 0) is 90.8 Å². The molecule has 64 heavy (non-hydrogen) atoms. The monoisotopic (exact) mass is 941 g/mol. The van der Waals surface area contributed by atoms with Crippen LogP contribution in [0.5, 0.6) is 0 Å². The van der Waals surface area contributed by atoms with Crippen molar-refractivity contribution in [2.24, 2.45) is 9.98 Å². The van der Waals surface area contributed by atoms with Gasteiger partial charge in [-0.1, -0.05) is 47.5 Å². The van der Waals surface area contributed by atoms with E-state index in [2.05, 4.69) is 46.5 Å². The zero-order chi connectivity index (χ0) is 45.4. The van der Waals surface area contributed by atoms with Crippen LogP contribution in [0.4, 0.5) is 0 Å². The van der Waals surface area contributed by atoms with E-state index < -0.39 is 17.7 Å². The van der Waals surface area contributed by atoms with Crippen molar-refractivity contribution in [3.05, 3.63) is 125 Å². The van der Waals surface area contributed by atoms with Crippen molar-refractivity contribution in [2.45, 2.75) is 92.5 Å². The lowest BCUT2D eigenvalue weighted by Crippen LogP contribution is -2.29. The number of hydrogen-bond acceptors (Lipinski definition) is 13. The minimum Gasteiger partial charge on any atom is -0.460 e. The smallest absolute Gasteiger partial charge is 0.308 e. The highest BCUT2D eigenvalue weighted by Crippen LogP contribution is 2.42. The Morgan fingerprint density at radius 2 is 1.20 bits per heavy atom. The molecule has 0 bridgehead atoms. The molecule has 0 radical (unpaired) electrons. The maximum atomic E-state index is 13.4. The number of aliphatic imine (C=N–C) groups is 2. The molecule has 2 atom stereocenters. The molecule has 14 nitrogen and oxygen atoms in total. The van der Waals surface area contributed by atoms with E-state index in [0.29, 0.717) is 60.5 Å². The van der Waals surface area contributed by atoms with Crippen molar-refractivity contribution >= 4 is 69.2 Å². The largest absolute Gasteiger partial charge is 0.460 e. The Labute approximate surface area is 389 Å². The molecule has 0 fully saturated rings. The van der Waals surface area contributed by atoms with Gasteiger partial charge in [-0.15, -0.1) is 43.1 Å². The van der Waals surface area contributed by atoms with Crippen LogP contribution >= 0.6 is 45.9 Å². The summed E-state index contributed by atoms with van der Waals surface area (Å²) in [5.74, 6) is 2.05. The molecule has 1 amide bonds. The average molecular weight is 943 g/mol. The molecule has 1 N–H and O–H groups in total. The van der Waals surface area contributed by atoms with Crippen LogP contribution in [0, 0.1) is 34.6 Å². The van der Waals surface area contributed by atoms with E-state index in [0.717, 1.165) is 65.5 Å². The van der Waals surface area contributed by atoms with Crippen molar-refractivity contribution in [1.29, 1.82) is 0 Å². The Bertz CT molecular complexity index is 2780. The molecule has 8 rings (SSSR count). The van der Waals surface area contributed by atoms with Crippen LogP contribution in [0.1, 0.15) is 112 Å². The quantitative estimate of drug-likeness (QED) is 0.0830. The number of esters is 1. The molecule has 6 aromatic rings. The molecule has 2 aliphatic rings. The number of carbonyl (C=O) groups excluding carboxylic acids is 2. The highest BCUT2D eigenvalue weighted by atomic mass is 35.5. The lowest BCUT2D eigenvalue weighted by Gasteiger charge is -2.21. The number of nitrogens with zero attached hydrogens (tertiary/aromatic N) is 8. The predicted molar refractivity (Wildman–Crippen MR) is 250 cm³/mol. The summed E-state index contributed by atoms with van der Waals surface area (Å²) in [6, 6.07) is 13.9. The third kappa shape index (κ3) is 9.49. The van der Waals surface area contributed by atoms with Gasteiger partial charge < -0.3 is 19.5 Å². The lowest BCUT2D eigenvalue weighted by molar-refractivity contribution is -0.155. The number of fused-ring (bicyclic) bond motifs is 6. The molecule has 0 saturated heterocycles. The van der Waals surface area contributed by atoms with E-state index in [-0.39, 0.29) is 24.7 Å². The van der Waals surface area contributed by atoms with Crippen LogP contribution in [0.3, 0.4) is 0 Å². The van der Waals surface area contributed by atoms with Gasteiger partial charge in [0.05, 0.1) is 50.7 Å². The first kappa shape index (κ1) is 45.5. The third-order valence-corrected chi connectivity index (χ3v) is 13.9. The first-order chi connectivity index (χ1) is 30.6. The van der Waals surface area contributed by atoms with Gasteiger partial charge in [0.2, 0.25) is 5.91 Å². The molecule has 0 spiro atoms. The summed E-state index contributed by atoms with van der Waals surface area (Å²) in [4.78, 5) is 39.1. The second-order valence-electron chi connectivity index (χ2n) is 16.7. The zero-order valence-electron chi connectivity index (χ0n) is 36.9. The van der Waals surface area contributed by atoms with Gasteiger partial charge in [-0.3, -0.25) is 28.7 Å². The fraction of sp³-hybridized carbons (Fsp3) is 0.391. The van der Waals surface area contributed by atoms with Crippen molar-refractivity contribution in [1.82, 2.24) is 34.8 Å². The number of halogens is 2. The first-order valence-corrected chi connectivity index (χ1v) is 23.4. The summed E-state index contributed by atoms with van der Waals surface area (Å²) in [5, 5.41) is 23.9. The summed E-state index contributed by atoms with van der Waals surface area (Å²) in [6.07, 6.45) is 0.0846. The first-order valence-electron chi connectivity index (χ1n) is 21.0. The Kier molecular flexibility index (Phi) is 13.3. The van der Waals surface area contributed by atoms with Crippen molar-refractivity contribution < 1.29 is 23.8 Å². The second-order valence-corrected chi connectivity index (χ2v) is 19.8. The van der Waals surface area contributed by atoms with Crippen LogP contribution in [0.15, 0.2) is 58.5 Å². The van der Waals surface area contributed by atoms with E-state index >= 15 is 0 Å². The number of ether oxygens (including phenoxy) is 3. The van der Waals surface area contributed by atoms with Crippen LogP contribution in [0.2, 0.25) is 10.0 Å². The van der Waals surface area contributed by atoms with Crippen LogP contribution in [-0.2, 0) is 30.4 Å². The number of aromatic nitrogens is 6. The Hall–Kier alpha value is -5.10. The van der Waals surface area contributed by atoms with Crippen molar-refractivity contribution in [3.63, 3.8) is 0 Å². The Balaban J connectivity index is 0.898. The molecule has 0 saturated carbocycles. The molecule has 2 aliphatic heterocycles. The molecule has 334 valence electrons. The standard InChI is InChI=1S/C46H49Cl2N9O5S2/c1-24-26(3)63-44-38(24)40(29-9-13-31(47)14-10-29)50-33(42-54-52-27(4)56(42)44)21-36(58)49-17-18-60-19-20-61-23-35-25(2)39-41(30-11-15-32(48)16-12-30)51-34(22-37(59)62-46(6,7)8)43-55-53-28(5)57(43)45(39)64-35/h9-16,33-34H,17-23H2,1-8H3,(H,49,58). The molecule has 2 unspecified atom stereocenters. The predicted octanol–water partition coefficient (Wildman–Crippen LogP) is 9.08. The maximum Gasteiger partial charge on any atom is 0.308 e. The second kappa shape index (κ2) is 18.8. The molecule has 6 heterocycles. The number of rotatable bonds is 14. The number of nitrogens with one attached hydrogen (secondary N) is 1. The molecule has 0 aliphatic carbocycles. The molecular formula is C46H49Cl2N9O5S2. The Morgan fingerprint density at radius 1 is 0.688 bits per heavy atom. The number of carbonyl (C=O) groups is 2. The van der Waals surface area contributed by atoms with Gasteiger partial charge in [-0.2, -0.15) is 0 Å². The van der Waals surface area contributed by atoms with Crippen LogP contribution in [-0.4, -0.2) is 84.8 Å². The van der Waals surface area contributed by atoms with E-state index in [1.807, 2.05) is 92.3 Å². The number of hydrogen-bond donors (Lipinski definition) is 1. The minimum atomic E-state index is -0.646. The number of amides is 1. The van der Waals surface area contributed by atoms with E-state index in [1.54, 1.807) is 22.7 Å². The maximum absolute atomic E-state index is 13.4. The summed E-state index contributed by atoms with van der Waals surface area (Å²) in [7, 11) is 0. The summed E-state index contributed by atoms with van der Waals surface area (Å²) in [5.41, 5.74) is 6.70. The highest BCUT2D eigenvalue weighted by Gasteiger charge is 2.35. The third-order valence-electron chi connectivity index (χ3n) is 10.9. The SMILES string of the molecule is Cc1sc2c(c1C)C(c1ccc(Cl)cc1)=NC(CC(=O)NCCOCCOCc1sc3c(c1C)C(c1ccc(Cl)cc1)=NC(CC(=O)OC(C)(C)C)c1nnc(C)n1-3)c1nnc(C)n1-2. The van der Waals surface area contributed by atoms with E-state index in [9.17, 15) is 9.59 Å². The van der Waals surface area contributed by atoms with Gasteiger partial charge in [0.1, 0.15) is 39.3 Å².